The third-order valence-corrected chi connectivity index (χ3v) is 5.17. The molecule has 34 heavy (non-hydrogen) atoms. The van der Waals surface area contributed by atoms with Crippen molar-refractivity contribution in [2.75, 3.05) is 50.0 Å². The summed E-state index contributed by atoms with van der Waals surface area (Å²) in [6.07, 6.45) is 1.67. The molecule has 0 bridgehead atoms. The van der Waals surface area contributed by atoms with Crippen molar-refractivity contribution in [1.82, 2.24) is 9.97 Å². The zero-order valence-electron chi connectivity index (χ0n) is 19.8. The Bertz CT molecular complexity index is 1110. The van der Waals surface area contributed by atoms with E-state index in [1.165, 1.54) is 12.1 Å². The number of ether oxygens (including phenoxy) is 2. The van der Waals surface area contributed by atoms with Crippen molar-refractivity contribution in [1.29, 1.82) is 0 Å². The molecule has 3 aromatic rings. The van der Waals surface area contributed by atoms with Gasteiger partial charge in [-0.25, -0.2) is 4.39 Å². The third-order valence-electron chi connectivity index (χ3n) is 4.58. The molecule has 0 radical (unpaired) electrons. The fourth-order valence-electron chi connectivity index (χ4n) is 2.88. The van der Waals surface area contributed by atoms with Crippen LogP contribution in [0, 0.1) is 5.82 Å². The van der Waals surface area contributed by atoms with Gasteiger partial charge < -0.3 is 19.3 Å². The lowest BCUT2D eigenvalue weighted by molar-refractivity contribution is 0.267. The minimum atomic E-state index is -0.282. The van der Waals surface area contributed by atoms with Crippen LogP contribution in [0.15, 0.2) is 52.0 Å². The average Bonchev–Trinajstić information content (AvgIpc) is 2.79. The Morgan fingerprint density at radius 1 is 1.03 bits per heavy atom. The van der Waals surface area contributed by atoms with Crippen LogP contribution in [0.3, 0.4) is 0 Å². The van der Waals surface area contributed by atoms with Crippen molar-refractivity contribution in [2.24, 2.45) is 5.10 Å². The Balaban J connectivity index is 1.77. The van der Waals surface area contributed by atoms with Crippen molar-refractivity contribution in [2.45, 2.75) is 13.5 Å². The van der Waals surface area contributed by atoms with Crippen LogP contribution in [0.1, 0.15) is 18.1 Å². The zero-order valence-corrected chi connectivity index (χ0v) is 21.4. The molecule has 1 aromatic heterocycles. The van der Waals surface area contributed by atoms with Crippen LogP contribution in [0.5, 0.6) is 11.5 Å². The second-order valence-electron chi connectivity index (χ2n) is 7.75. The van der Waals surface area contributed by atoms with Gasteiger partial charge in [-0.3, -0.25) is 5.43 Å². The predicted octanol–water partition coefficient (Wildman–Crippen LogP) is 4.93. The molecule has 0 unspecified atom stereocenters. The number of benzene rings is 2. The summed E-state index contributed by atoms with van der Waals surface area (Å²) in [5.41, 5.74) is 4.62. The molecule has 0 saturated carbocycles. The molecule has 8 nitrogen and oxygen atoms in total. The fraction of sp³-hybridized carbons (Fsp3) is 0.292. The first-order valence-electron chi connectivity index (χ1n) is 10.6. The molecule has 1 heterocycles. The number of halogens is 2. The average molecular weight is 531 g/mol. The Morgan fingerprint density at radius 2 is 1.76 bits per heavy atom. The van der Waals surface area contributed by atoms with Crippen molar-refractivity contribution in [3.63, 3.8) is 0 Å². The predicted molar refractivity (Wildman–Crippen MR) is 138 cm³/mol. The summed E-state index contributed by atoms with van der Waals surface area (Å²) in [5.74, 6) is 2.77. The minimum absolute atomic E-state index is 0.282. The first-order chi connectivity index (χ1) is 16.3. The van der Waals surface area contributed by atoms with Crippen molar-refractivity contribution in [3.05, 3.63) is 63.9 Å². The van der Waals surface area contributed by atoms with E-state index >= 15 is 0 Å². The highest BCUT2D eigenvalue weighted by Gasteiger charge is 2.13. The number of hydrogen-bond donors (Lipinski definition) is 1. The van der Waals surface area contributed by atoms with Crippen LogP contribution >= 0.6 is 15.9 Å². The topological polar surface area (TPSA) is 75.1 Å². The van der Waals surface area contributed by atoms with Crippen LogP contribution < -0.4 is 24.7 Å². The molecule has 0 fully saturated rings. The Labute approximate surface area is 207 Å². The summed E-state index contributed by atoms with van der Waals surface area (Å²) in [5, 5.41) is 4.33. The lowest BCUT2D eigenvalue weighted by Crippen LogP contribution is -2.17. The highest BCUT2D eigenvalue weighted by molar-refractivity contribution is 9.10. The highest BCUT2D eigenvalue weighted by Crippen LogP contribution is 2.37. The Hall–Kier alpha value is -3.40. The number of hydrogen-bond acceptors (Lipinski definition) is 8. The van der Waals surface area contributed by atoms with Gasteiger partial charge in [0.2, 0.25) is 5.95 Å². The number of rotatable bonds is 10. The maximum atomic E-state index is 13.1. The van der Waals surface area contributed by atoms with E-state index in [1.54, 1.807) is 18.3 Å². The van der Waals surface area contributed by atoms with Gasteiger partial charge in [0.05, 0.1) is 17.3 Å². The first-order valence-corrected chi connectivity index (χ1v) is 11.4. The van der Waals surface area contributed by atoms with Crippen LogP contribution in [0.4, 0.5) is 22.0 Å². The van der Waals surface area contributed by atoms with Gasteiger partial charge in [0.1, 0.15) is 18.2 Å². The van der Waals surface area contributed by atoms with E-state index in [1.807, 2.05) is 63.1 Å². The van der Waals surface area contributed by atoms with Gasteiger partial charge in [-0.05, 0) is 58.2 Å². The van der Waals surface area contributed by atoms with Crippen LogP contribution in [-0.4, -0.2) is 51.0 Å². The van der Waals surface area contributed by atoms with Gasteiger partial charge in [0.25, 0.3) is 0 Å². The maximum absolute atomic E-state index is 13.1. The fourth-order valence-corrected chi connectivity index (χ4v) is 3.46. The summed E-state index contributed by atoms with van der Waals surface area (Å²) < 4.78 is 25.6. The normalized spacial score (nSPS) is 10.9. The van der Waals surface area contributed by atoms with E-state index in [0.29, 0.717) is 34.3 Å². The van der Waals surface area contributed by atoms with Crippen molar-refractivity contribution >= 4 is 39.7 Å². The van der Waals surface area contributed by atoms with Crippen LogP contribution in [0.25, 0.3) is 0 Å². The molecule has 0 aliphatic rings. The molecule has 0 saturated heterocycles. The molecule has 0 aliphatic carbocycles. The number of nitrogens with zero attached hydrogens (tertiary/aromatic N) is 5. The highest BCUT2D eigenvalue weighted by atomic mass is 79.9. The monoisotopic (exact) mass is 530 g/mol. The molecule has 10 heteroatoms. The van der Waals surface area contributed by atoms with Gasteiger partial charge in [0, 0.05) is 34.3 Å². The molecular formula is C24H28BrFN6O2. The van der Waals surface area contributed by atoms with E-state index in [4.69, 9.17) is 9.47 Å². The number of nitrogens with one attached hydrogen (secondary N) is 1. The Morgan fingerprint density at radius 3 is 2.41 bits per heavy atom. The molecule has 2 aromatic carbocycles. The molecule has 0 atom stereocenters. The Kier molecular flexibility index (Phi) is 8.64. The van der Waals surface area contributed by atoms with Crippen molar-refractivity contribution in [3.8, 4) is 11.5 Å². The van der Waals surface area contributed by atoms with Gasteiger partial charge >= 0.3 is 0 Å². The maximum Gasteiger partial charge on any atom is 0.228 e. The van der Waals surface area contributed by atoms with E-state index < -0.39 is 0 Å². The van der Waals surface area contributed by atoms with E-state index in [0.717, 1.165) is 16.9 Å². The zero-order chi connectivity index (χ0) is 24.7. The number of anilines is 3. The van der Waals surface area contributed by atoms with Gasteiger partial charge in [-0.15, -0.1) is 0 Å². The standard InChI is InChI=1S/C24H28BrFN6O2/c1-6-33-20-12-17(11-19(25)23(20)34-15-16-7-9-18(26)10-8-16)14-27-30-21-13-22(31(2)3)29-24(28-21)32(4)5/h7-14H,6,15H2,1-5H3,(H,28,29,30)/b27-14-. The molecule has 0 aliphatic heterocycles. The van der Waals surface area contributed by atoms with E-state index in [-0.39, 0.29) is 12.4 Å². The SMILES string of the molecule is CCOc1cc(/C=N\Nc2cc(N(C)C)nc(N(C)C)n2)cc(Br)c1OCc1ccc(F)cc1. The first kappa shape index (κ1) is 25.2. The molecule has 0 amide bonds. The molecule has 0 spiro atoms. The number of hydrazone groups is 1. The van der Waals surface area contributed by atoms with E-state index in [9.17, 15) is 4.39 Å². The molecule has 3 rings (SSSR count). The second-order valence-corrected chi connectivity index (χ2v) is 8.60. The molecular weight excluding hydrogens is 503 g/mol. The lowest BCUT2D eigenvalue weighted by atomic mass is 10.2. The second kappa shape index (κ2) is 11.6. The summed E-state index contributed by atoms with van der Waals surface area (Å²) in [4.78, 5) is 12.7. The smallest absolute Gasteiger partial charge is 0.228 e. The largest absolute Gasteiger partial charge is 0.490 e. The molecule has 180 valence electrons. The summed E-state index contributed by atoms with van der Waals surface area (Å²) in [6, 6.07) is 11.7. The number of aromatic nitrogens is 2. The summed E-state index contributed by atoms with van der Waals surface area (Å²) >= 11 is 3.56. The third kappa shape index (κ3) is 6.80. The van der Waals surface area contributed by atoms with Crippen molar-refractivity contribution < 1.29 is 13.9 Å². The molecule has 1 N–H and O–H groups in total. The lowest BCUT2D eigenvalue weighted by Gasteiger charge is -2.17. The van der Waals surface area contributed by atoms with E-state index in [2.05, 4.69) is 36.4 Å². The van der Waals surface area contributed by atoms with Crippen LogP contribution in [-0.2, 0) is 6.61 Å². The van der Waals surface area contributed by atoms with Gasteiger partial charge in [-0.1, -0.05) is 12.1 Å². The van der Waals surface area contributed by atoms with Gasteiger partial charge in [-0.2, -0.15) is 15.1 Å². The summed E-state index contributed by atoms with van der Waals surface area (Å²) in [6.45, 7) is 2.66. The minimum Gasteiger partial charge on any atom is -0.490 e. The quantitative estimate of drug-likeness (QED) is 0.294. The summed E-state index contributed by atoms with van der Waals surface area (Å²) in [7, 11) is 7.60. The van der Waals surface area contributed by atoms with Crippen LogP contribution in [0.2, 0.25) is 0 Å². The van der Waals surface area contributed by atoms with Gasteiger partial charge in [0.15, 0.2) is 17.3 Å².